The van der Waals surface area contributed by atoms with E-state index in [1.165, 1.54) is 24.8 Å². The van der Waals surface area contributed by atoms with Gasteiger partial charge in [-0.15, -0.1) is 0 Å². The number of amides is 1. The molecule has 1 saturated heterocycles. The van der Waals surface area contributed by atoms with Crippen LogP contribution in [-0.2, 0) is 4.74 Å². The van der Waals surface area contributed by atoms with Gasteiger partial charge in [0, 0.05) is 13.1 Å². The lowest BCUT2D eigenvalue weighted by molar-refractivity contribution is 0.0264. The minimum absolute atomic E-state index is 0.177. The van der Waals surface area contributed by atoms with E-state index in [1.54, 1.807) is 0 Å². The molecule has 1 amide bonds. The quantitative estimate of drug-likeness (QED) is 0.607. The molecule has 0 unspecified atom stereocenters. The molecule has 0 aromatic heterocycles. The van der Waals surface area contributed by atoms with Crippen molar-refractivity contribution >= 4 is 6.09 Å². The minimum Gasteiger partial charge on any atom is -0.444 e. The fraction of sp³-hybridized carbons (Fsp3) is 0.800. The van der Waals surface area contributed by atoms with Gasteiger partial charge >= 0.3 is 6.09 Å². The van der Waals surface area contributed by atoms with Crippen molar-refractivity contribution in [3.8, 4) is 0 Å². The van der Waals surface area contributed by atoms with Crippen LogP contribution in [0.25, 0.3) is 0 Å². The Balaban J connectivity index is 2.66. The molecule has 1 rings (SSSR count). The lowest BCUT2D eigenvalue weighted by Crippen LogP contribution is -2.38. The summed E-state index contributed by atoms with van der Waals surface area (Å²) in [5, 5.41) is 0. The SMILES string of the molecule is CC=C1CCCCCCN(C(=O)OC(C)(C)C)C1. The Labute approximate surface area is 111 Å². The average Bonchev–Trinajstić information content (AvgIpc) is 2.37. The first kappa shape index (κ1) is 15.1. The number of hydrogen-bond donors (Lipinski definition) is 0. The molecule has 0 aromatic rings. The number of hydrogen-bond acceptors (Lipinski definition) is 2. The van der Waals surface area contributed by atoms with E-state index >= 15 is 0 Å². The third-order valence-corrected chi connectivity index (χ3v) is 3.13. The summed E-state index contributed by atoms with van der Waals surface area (Å²) in [5.74, 6) is 0. The Morgan fingerprint density at radius 1 is 1.22 bits per heavy atom. The molecular formula is C15H27NO2. The van der Waals surface area contributed by atoms with Gasteiger partial charge in [0.05, 0.1) is 0 Å². The van der Waals surface area contributed by atoms with E-state index in [9.17, 15) is 4.79 Å². The molecule has 0 spiro atoms. The molecule has 104 valence electrons. The highest BCUT2D eigenvalue weighted by molar-refractivity contribution is 5.68. The van der Waals surface area contributed by atoms with Crippen LogP contribution in [-0.4, -0.2) is 29.7 Å². The highest BCUT2D eigenvalue weighted by Gasteiger charge is 2.22. The van der Waals surface area contributed by atoms with E-state index < -0.39 is 5.60 Å². The molecule has 0 saturated carbocycles. The van der Waals surface area contributed by atoms with Gasteiger partial charge in [-0.3, -0.25) is 0 Å². The Morgan fingerprint density at radius 3 is 2.50 bits per heavy atom. The van der Waals surface area contributed by atoms with Crippen LogP contribution in [0.15, 0.2) is 11.6 Å². The van der Waals surface area contributed by atoms with E-state index in [-0.39, 0.29) is 6.09 Å². The van der Waals surface area contributed by atoms with Gasteiger partial charge in [-0.2, -0.15) is 0 Å². The molecule has 0 bridgehead atoms. The molecule has 18 heavy (non-hydrogen) atoms. The summed E-state index contributed by atoms with van der Waals surface area (Å²) in [4.78, 5) is 14.0. The normalized spacial score (nSPS) is 21.1. The number of carbonyl (C=O) groups is 1. The van der Waals surface area contributed by atoms with Crippen molar-refractivity contribution in [3.05, 3.63) is 11.6 Å². The van der Waals surface area contributed by atoms with E-state index in [0.717, 1.165) is 25.9 Å². The second kappa shape index (κ2) is 6.81. The Kier molecular flexibility index (Phi) is 5.70. The van der Waals surface area contributed by atoms with Crippen LogP contribution in [0.3, 0.4) is 0 Å². The molecule has 1 heterocycles. The van der Waals surface area contributed by atoms with Crippen LogP contribution in [0.4, 0.5) is 4.79 Å². The second-order valence-electron chi connectivity index (χ2n) is 6.01. The van der Waals surface area contributed by atoms with E-state index in [4.69, 9.17) is 4.74 Å². The standard InChI is InChI=1S/C15H27NO2/c1-5-13-10-8-6-7-9-11-16(12-13)14(17)18-15(2,3)4/h5H,6-12H2,1-4H3. The molecular weight excluding hydrogens is 226 g/mol. The fourth-order valence-corrected chi connectivity index (χ4v) is 2.13. The lowest BCUT2D eigenvalue weighted by atomic mass is 10.1. The first-order valence-corrected chi connectivity index (χ1v) is 7.04. The largest absolute Gasteiger partial charge is 0.444 e. The molecule has 0 N–H and O–H groups in total. The molecule has 3 nitrogen and oxygen atoms in total. The van der Waals surface area contributed by atoms with Gasteiger partial charge in [0.1, 0.15) is 5.60 Å². The zero-order valence-corrected chi connectivity index (χ0v) is 12.3. The van der Waals surface area contributed by atoms with Gasteiger partial charge in [-0.1, -0.05) is 24.5 Å². The Hall–Kier alpha value is -0.990. The summed E-state index contributed by atoms with van der Waals surface area (Å²) in [7, 11) is 0. The van der Waals surface area contributed by atoms with E-state index in [2.05, 4.69) is 13.0 Å². The summed E-state index contributed by atoms with van der Waals surface area (Å²) < 4.78 is 5.47. The van der Waals surface area contributed by atoms with Crippen molar-refractivity contribution in [2.75, 3.05) is 13.1 Å². The summed E-state index contributed by atoms with van der Waals surface area (Å²) >= 11 is 0. The monoisotopic (exact) mass is 253 g/mol. The van der Waals surface area contributed by atoms with E-state index in [1.807, 2.05) is 25.7 Å². The fourth-order valence-electron chi connectivity index (χ4n) is 2.13. The molecule has 0 aliphatic carbocycles. The number of nitrogens with zero attached hydrogens (tertiary/aromatic N) is 1. The zero-order valence-electron chi connectivity index (χ0n) is 12.3. The van der Waals surface area contributed by atoms with Crippen molar-refractivity contribution in [1.82, 2.24) is 4.90 Å². The van der Waals surface area contributed by atoms with Gasteiger partial charge in [0.2, 0.25) is 0 Å². The number of ether oxygens (including phenoxy) is 1. The topological polar surface area (TPSA) is 29.5 Å². The molecule has 1 fully saturated rings. The first-order chi connectivity index (χ1) is 8.42. The molecule has 0 atom stereocenters. The first-order valence-electron chi connectivity index (χ1n) is 7.04. The maximum Gasteiger partial charge on any atom is 0.410 e. The zero-order chi connectivity index (χ0) is 13.6. The van der Waals surface area contributed by atoms with Crippen molar-refractivity contribution in [1.29, 1.82) is 0 Å². The van der Waals surface area contributed by atoms with Crippen LogP contribution in [0.5, 0.6) is 0 Å². The minimum atomic E-state index is -0.411. The van der Waals surface area contributed by atoms with Gasteiger partial charge in [-0.05, 0) is 47.0 Å². The van der Waals surface area contributed by atoms with Crippen molar-refractivity contribution in [2.45, 2.75) is 65.4 Å². The molecule has 3 heteroatoms. The maximum absolute atomic E-state index is 12.1. The summed E-state index contributed by atoms with van der Waals surface area (Å²) in [6, 6.07) is 0. The van der Waals surface area contributed by atoms with Crippen molar-refractivity contribution in [2.24, 2.45) is 0 Å². The third-order valence-electron chi connectivity index (χ3n) is 3.13. The second-order valence-corrected chi connectivity index (χ2v) is 6.01. The molecule has 1 aliphatic heterocycles. The smallest absolute Gasteiger partial charge is 0.410 e. The van der Waals surface area contributed by atoms with Crippen LogP contribution in [0, 0.1) is 0 Å². The molecule has 0 radical (unpaired) electrons. The van der Waals surface area contributed by atoms with E-state index in [0.29, 0.717) is 0 Å². The van der Waals surface area contributed by atoms with Crippen molar-refractivity contribution in [3.63, 3.8) is 0 Å². The summed E-state index contributed by atoms with van der Waals surface area (Å²) in [5.41, 5.74) is 0.939. The Morgan fingerprint density at radius 2 is 1.89 bits per heavy atom. The van der Waals surface area contributed by atoms with Crippen LogP contribution >= 0.6 is 0 Å². The van der Waals surface area contributed by atoms with Gasteiger partial charge in [-0.25, -0.2) is 4.79 Å². The molecule has 0 aromatic carbocycles. The highest BCUT2D eigenvalue weighted by Crippen LogP contribution is 2.18. The van der Waals surface area contributed by atoms with Gasteiger partial charge < -0.3 is 9.64 Å². The lowest BCUT2D eigenvalue weighted by Gasteiger charge is -2.27. The molecule has 1 aliphatic rings. The van der Waals surface area contributed by atoms with Crippen LogP contribution in [0.2, 0.25) is 0 Å². The predicted octanol–water partition coefficient (Wildman–Crippen LogP) is 4.13. The Bertz CT molecular complexity index is 302. The van der Waals surface area contributed by atoms with Crippen LogP contribution in [0.1, 0.15) is 59.8 Å². The highest BCUT2D eigenvalue weighted by atomic mass is 16.6. The van der Waals surface area contributed by atoms with Gasteiger partial charge in [0.15, 0.2) is 0 Å². The van der Waals surface area contributed by atoms with Crippen molar-refractivity contribution < 1.29 is 9.53 Å². The maximum atomic E-state index is 12.1. The number of rotatable bonds is 0. The summed E-state index contributed by atoms with van der Waals surface area (Å²) in [6.07, 6.45) is 7.86. The number of carbonyl (C=O) groups excluding carboxylic acids is 1. The third kappa shape index (κ3) is 5.56. The average molecular weight is 253 g/mol. The number of allylic oxidation sites excluding steroid dienone is 1. The van der Waals surface area contributed by atoms with Gasteiger partial charge in [0.25, 0.3) is 0 Å². The predicted molar refractivity (Wildman–Crippen MR) is 74.6 cm³/mol. The van der Waals surface area contributed by atoms with Crippen LogP contribution < -0.4 is 0 Å². The summed E-state index contributed by atoms with van der Waals surface area (Å²) in [6.45, 7) is 9.34.